The first-order valence-electron chi connectivity index (χ1n) is 2.53. The Bertz CT molecular complexity index is 154. The fourth-order valence-electron chi connectivity index (χ4n) is 0.539. The van der Waals surface area contributed by atoms with Crippen molar-refractivity contribution < 1.29 is 76.7 Å². The van der Waals surface area contributed by atoms with Crippen LogP contribution in [0.1, 0.15) is 11.1 Å². The number of benzene rings is 1. The number of rotatable bonds is 0. The molecule has 4 heteroatoms. The van der Waals surface area contributed by atoms with Gasteiger partial charge in [-0.3, -0.25) is 0 Å². The molecule has 0 aliphatic rings. The summed E-state index contributed by atoms with van der Waals surface area (Å²) < 4.78 is 0. The van der Waals surface area contributed by atoms with Crippen LogP contribution in [-0.4, -0.2) is 0 Å². The van der Waals surface area contributed by atoms with Crippen molar-refractivity contribution in [2.24, 2.45) is 0 Å². The Morgan fingerprint density at radius 3 is 1.00 bits per heavy atom. The predicted octanol–water partition coefficient (Wildman–Crippen LogP) is 2.49. The molecule has 0 unspecified atom stereocenters. The maximum Gasteiger partial charge on any atom is 0 e. The summed E-state index contributed by atoms with van der Waals surface area (Å²) >= 11 is 0. The zero-order chi connectivity index (χ0) is 5.98. The molecule has 0 saturated heterocycles. The number of hydrogen-bond donors (Lipinski definition) is 0. The van der Waals surface area contributed by atoms with E-state index in [1.807, 2.05) is 24.3 Å². The standard InChI is InChI=1S/C8H8.CH3.3V.W/c1-7-3-5-8(2)6-4-7;;;;;/h3-6H,1-2H2;1H3;;;;/q-2;-1;;;;. The SMILES string of the molecule is [CH2-]c1ccc([CH2-])cc1.[CH3-].[V].[V].[V].[W]. The molecule has 0 aliphatic carbocycles. The second-order valence-electron chi connectivity index (χ2n) is 1.82. The summed E-state index contributed by atoms with van der Waals surface area (Å²) in [6.45, 7) is 7.47. The minimum Gasteiger partial charge on any atom is -0.358 e. The summed E-state index contributed by atoms with van der Waals surface area (Å²) in [6.07, 6.45) is 0. The fraction of sp³-hybridized carbons (Fsp3) is 0. The Morgan fingerprint density at radius 1 is 0.692 bits per heavy atom. The molecular weight excluding hydrogens is 445 g/mol. The third-order valence-electron chi connectivity index (χ3n) is 1.02. The van der Waals surface area contributed by atoms with Gasteiger partial charge in [0.2, 0.25) is 0 Å². The maximum atomic E-state index is 3.73. The van der Waals surface area contributed by atoms with E-state index in [1.165, 1.54) is 0 Å². The minimum atomic E-state index is 0. The van der Waals surface area contributed by atoms with Crippen molar-refractivity contribution >= 4 is 0 Å². The molecule has 0 heterocycles. The Hall–Kier alpha value is 1.40. The van der Waals surface area contributed by atoms with Crippen LogP contribution in [0, 0.1) is 21.3 Å². The van der Waals surface area contributed by atoms with E-state index in [0.29, 0.717) is 0 Å². The molecule has 1 aromatic rings. The minimum absolute atomic E-state index is 0. The van der Waals surface area contributed by atoms with Crippen LogP contribution in [-0.2, 0) is 76.7 Å². The third kappa shape index (κ3) is 13.4. The van der Waals surface area contributed by atoms with Gasteiger partial charge in [0.05, 0.1) is 0 Å². The van der Waals surface area contributed by atoms with Gasteiger partial charge in [-0.1, -0.05) is 0 Å². The van der Waals surface area contributed by atoms with Crippen LogP contribution < -0.4 is 0 Å². The van der Waals surface area contributed by atoms with Gasteiger partial charge in [0.1, 0.15) is 0 Å². The molecule has 0 nitrogen and oxygen atoms in total. The molecule has 0 fully saturated rings. The average molecular weight is 456 g/mol. The van der Waals surface area contributed by atoms with Gasteiger partial charge in [-0.2, -0.15) is 0 Å². The van der Waals surface area contributed by atoms with Gasteiger partial charge in [-0.05, 0) is 0 Å². The summed E-state index contributed by atoms with van der Waals surface area (Å²) in [7, 11) is 0. The quantitative estimate of drug-likeness (QED) is 0.527. The Labute approximate surface area is 132 Å². The van der Waals surface area contributed by atoms with E-state index in [-0.39, 0.29) is 84.2 Å². The summed E-state index contributed by atoms with van der Waals surface area (Å²) in [5, 5.41) is 0. The molecule has 0 aliphatic heterocycles. The normalized spacial score (nSPS) is 5.54. The second kappa shape index (κ2) is 15.9. The molecule has 0 N–H and O–H groups in total. The van der Waals surface area contributed by atoms with Gasteiger partial charge < -0.3 is 7.43 Å². The van der Waals surface area contributed by atoms with Crippen molar-refractivity contribution in [3.8, 4) is 0 Å². The zero-order valence-electron chi connectivity index (χ0n) is 7.47. The van der Waals surface area contributed by atoms with Gasteiger partial charge in [-0.15, -0.1) is 0 Å². The van der Waals surface area contributed by atoms with Crippen molar-refractivity contribution in [3.05, 3.63) is 56.7 Å². The van der Waals surface area contributed by atoms with Crippen molar-refractivity contribution in [2.75, 3.05) is 0 Å². The largest absolute Gasteiger partial charge is 0.358 e. The van der Waals surface area contributed by atoms with Gasteiger partial charge >= 0.3 is 0 Å². The van der Waals surface area contributed by atoms with Crippen LogP contribution in [0.25, 0.3) is 0 Å². The summed E-state index contributed by atoms with van der Waals surface area (Å²) in [4.78, 5) is 0. The molecule has 0 amide bonds. The second-order valence-corrected chi connectivity index (χ2v) is 1.82. The van der Waals surface area contributed by atoms with Crippen LogP contribution in [0.5, 0.6) is 0 Å². The summed E-state index contributed by atoms with van der Waals surface area (Å²) in [5.74, 6) is 0. The van der Waals surface area contributed by atoms with E-state index < -0.39 is 0 Å². The summed E-state index contributed by atoms with van der Waals surface area (Å²) in [5.41, 5.74) is 2.08. The third-order valence-corrected chi connectivity index (χ3v) is 1.02. The van der Waals surface area contributed by atoms with Crippen LogP contribution in [0.2, 0.25) is 0 Å². The molecule has 0 spiro atoms. The molecule has 13 heavy (non-hydrogen) atoms. The summed E-state index contributed by atoms with van der Waals surface area (Å²) in [6, 6.07) is 7.79. The van der Waals surface area contributed by atoms with E-state index in [4.69, 9.17) is 0 Å². The van der Waals surface area contributed by atoms with Crippen LogP contribution >= 0.6 is 0 Å². The molecule has 0 atom stereocenters. The van der Waals surface area contributed by atoms with Crippen molar-refractivity contribution in [2.45, 2.75) is 0 Å². The van der Waals surface area contributed by atoms with Crippen LogP contribution in [0.3, 0.4) is 0 Å². The molecule has 0 bridgehead atoms. The molecule has 71 valence electrons. The van der Waals surface area contributed by atoms with E-state index in [2.05, 4.69) is 13.8 Å². The Morgan fingerprint density at radius 2 is 0.846 bits per heavy atom. The van der Waals surface area contributed by atoms with Gasteiger partial charge in [0.25, 0.3) is 0 Å². The molecular formula is C9H11V3W-3. The van der Waals surface area contributed by atoms with Crippen LogP contribution in [0.15, 0.2) is 24.3 Å². The van der Waals surface area contributed by atoms with Gasteiger partial charge in [-0.25, -0.2) is 49.2 Å². The molecule has 0 aromatic heterocycles. The molecule has 3 radical (unpaired) electrons. The van der Waals surface area contributed by atoms with Crippen molar-refractivity contribution in [3.63, 3.8) is 0 Å². The van der Waals surface area contributed by atoms with E-state index in [1.54, 1.807) is 0 Å². The van der Waals surface area contributed by atoms with Crippen molar-refractivity contribution in [1.82, 2.24) is 0 Å². The maximum absolute atomic E-state index is 3.73. The first kappa shape index (κ1) is 29.3. The van der Waals surface area contributed by atoms with E-state index in [0.717, 1.165) is 11.1 Å². The Kier molecular flexibility index (Phi) is 35.7. The van der Waals surface area contributed by atoms with Gasteiger partial charge in [0, 0.05) is 76.7 Å². The fourth-order valence-corrected chi connectivity index (χ4v) is 0.539. The Balaban J connectivity index is -0.0000000427. The first-order valence-corrected chi connectivity index (χ1v) is 2.53. The van der Waals surface area contributed by atoms with E-state index in [9.17, 15) is 0 Å². The zero-order valence-corrected chi connectivity index (χ0v) is 14.6. The molecule has 1 rings (SSSR count). The smallest absolute Gasteiger partial charge is 0 e. The topological polar surface area (TPSA) is 0 Å². The van der Waals surface area contributed by atoms with E-state index >= 15 is 0 Å². The van der Waals surface area contributed by atoms with Crippen LogP contribution in [0.4, 0.5) is 0 Å². The number of hydrogen-bond acceptors (Lipinski definition) is 0. The monoisotopic (exact) mass is 456 g/mol. The predicted molar refractivity (Wildman–Crippen MR) is 41.8 cm³/mol. The van der Waals surface area contributed by atoms with Crippen molar-refractivity contribution in [1.29, 1.82) is 0 Å². The molecule has 0 saturated carbocycles. The van der Waals surface area contributed by atoms with Gasteiger partial charge in [0.15, 0.2) is 0 Å². The molecule has 1 aromatic carbocycles. The average Bonchev–Trinajstić information content (AvgIpc) is 1.77. The first-order chi connectivity index (χ1) is 3.79.